The Labute approximate surface area is 138 Å². The number of rotatable bonds is 3. The third-order valence-electron chi connectivity index (χ3n) is 4.35. The van der Waals surface area contributed by atoms with Gasteiger partial charge in [-0.3, -0.25) is 4.79 Å². The Morgan fingerprint density at radius 2 is 2.19 bits per heavy atom. The number of hydrogen-bond acceptors (Lipinski definition) is 3. The van der Waals surface area contributed by atoms with E-state index in [-0.39, 0.29) is 29.8 Å². The average Bonchev–Trinajstić information content (AvgIpc) is 2.74. The lowest BCUT2D eigenvalue weighted by atomic mass is 9.79. The molecule has 5 heteroatoms. The van der Waals surface area contributed by atoms with E-state index < -0.39 is 0 Å². The van der Waals surface area contributed by atoms with Crippen molar-refractivity contribution in [3.05, 3.63) is 21.4 Å². The summed E-state index contributed by atoms with van der Waals surface area (Å²) in [5, 5.41) is 0. The molecule has 0 aromatic carbocycles. The van der Waals surface area contributed by atoms with Crippen LogP contribution in [0.4, 0.5) is 0 Å². The summed E-state index contributed by atoms with van der Waals surface area (Å²) in [7, 11) is 0. The first kappa shape index (κ1) is 18.5. The van der Waals surface area contributed by atoms with Gasteiger partial charge in [-0.25, -0.2) is 0 Å². The molecule has 120 valence electrons. The van der Waals surface area contributed by atoms with Crippen molar-refractivity contribution in [3.63, 3.8) is 0 Å². The second kappa shape index (κ2) is 7.12. The maximum absolute atomic E-state index is 12.7. The predicted octanol–water partition coefficient (Wildman–Crippen LogP) is 3.63. The zero-order chi connectivity index (χ0) is 14.9. The Bertz CT molecular complexity index is 498. The van der Waals surface area contributed by atoms with Crippen LogP contribution in [0.5, 0.6) is 0 Å². The number of nitrogens with zero attached hydrogens (tertiary/aromatic N) is 1. The Morgan fingerprint density at radius 3 is 2.76 bits per heavy atom. The summed E-state index contributed by atoms with van der Waals surface area (Å²) in [6.07, 6.45) is 3.08. The number of piperidine rings is 1. The monoisotopic (exact) mass is 330 g/mol. The number of carbonyl (C=O) groups excluding carboxylic acids is 1. The molecule has 0 spiro atoms. The zero-order valence-electron chi connectivity index (χ0n) is 13.4. The van der Waals surface area contributed by atoms with Gasteiger partial charge in [0.2, 0.25) is 0 Å². The number of halogens is 1. The van der Waals surface area contributed by atoms with Crippen molar-refractivity contribution in [2.24, 2.45) is 11.1 Å². The lowest BCUT2D eigenvalue weighted by molar-refractivity contribution is 0.0537. The first-order chi connectivity index (χ1) is 9.35. The van der Waals surface area contributed by atoms with Gasteiger partial charge in [0.15, 0.2) is 0 Å². The van der Waals surface area contributed by atoms with Gasteiger partial charge in [0, 0.05) is 24.0 Å². The second-order valence-electron chi connectivity index (χ2n) is 6.55. The summed E-state index contributed by atoms with van der Waals surface area (Å²) >= 11 is 1.63. The van der Waals surface area contributed by atoms with E-state index in [1.165, 1.54) is 10.4 Å². The van der Waals surface area contributed by atoms with Crippen molar-refractivity contribution >= 4 is 29.7 Å². The zero-order valence-corrected chi connectivity index (χ0v) is 15.1. The molecule has 1 aliphatic rings. The lowest BCUT2D eigenvalue weighted by Gasteiger charge is -2.42. The molecule has 0 radical (unpaired) electrons. The van der Waals surface area contributed by atoms with Gasteiger partial charge in [0.1, 0.15) is 0 Å². The van der Waals surface area contributed by atoms with Gasteiger partial charge in [-0.2, -0.15) is 0 Å². The van der Waals surface area contributed by atoms with E-state index in [4.69, 9.17) is 5.73 Å². The van der Waals surface area contributed by atoms with Gasteiger partial charge in [0.25, 0.3) is 5.91 Å². The van der Waals surface area contributed by atoms with Crippen LogP contribution in [0.15, 0.2) is 6.07 Å². The van der Waals surface area contributed by atoms with Crippen molar-refractivity contribution in [2.45, 2.75) is 53.0 Å². The Hall–Kier alpha value is -0.580. The number of amides is 1. The molecule has 0 saturated carbocycles. The minimum absolute atomic E-state index is 0. The molecule has 0 bridgehead atoms. The summed E-state index contributed by atoms with van der Waals surface area (Å²) in [5.41, 5.74) is 7.48. The van der Waals surface area contributed by atoms with Crippen molar-refractivity contribution in [3.8, 4) is 0 Å². The Balaban J connectivity index is 0.00000220. The summed E-state index contributed by atoms with van der Waals surface area (Å²) in [4.78, 5) is 16.8. The van der Waals surface area contributed by atoms with Gasteiger partial charge in [-0.05, 0) is 36.8 Å². The van der Waals surface area contributed by atoms with Gasteiger partial charge in [-0.1, -0.05) is 27.2 Å². The largest absolute Gasteiger partial charge is 0.337 e. The number of likely N-dealkylation sites (tertiary alicyclic amines) is 1. The highest BCUT2D eigenvalue weighted by atomic mass is 35.5. The molecule has 1 aliphatic heterocycles. The third kappa shape index (κ3) is 3.99. The minimum Gasteiger partial charge on any atom is -0.337 e. The fourth-order valence-electron chi connectivity index (χ4n) is 2.85. The van der Waals surface area contributed by atoms with E-state index in [1.54, 1.807) is 11.3 Å². The van der Waals surface area contributed by atoms with E-state index in [9.17, 15) is 4.79 Å². The molecular weight excluding hydrogens is 304 g/mol. The second-order valence-corrected chi connectivity index (χ2v) is 7.81. The van der Waals surface area contributed by atoms with Crippen molar-refractivity contribution in [2.75, 3.05) is 13.1 Å². The standard InChI is InChI=1S/C16H26N2OS.ClH/c1-5-6-12-9-13(20-11(12)2)15(19)18-8-7-14(17)16(3,4)10-18;/h9,14H,5-8,10,17H2,1-4H3;1H. The summed E-state index contributed by atoms with van der Waals surface area (Å²) in [6, 6.07) is 2.28. The minimum atomic E-state index is 0. The molecule has 2 N–H and O–H groups in total. The van der Waals surface area contributed by atoms with Crippen molar-refractivity contribution < 1.29 is 4.79 Å². The highest BCUT2D eigenvalue weighted by molar-refractivity contribution is 7.14. The van der Waals surface area contributed by atoms with E-state index in [2.05, 4.69) is 33.8 Å². The number of aryl methyl sites for hydroxylation is 2. The van der Waals surface area contributed by atoms with Crippen LogP contribution in [-0.2, 0) is 6.42 Å². The SMILES string of the molecule is CCCc1cc(C(=O)N2CCC(N)C(C)(C)C2)sc1C.Cl. The maximum atomic E-state index is 12.7. The lowest BCUT2D eigenvalue weighted by Crippen LogP contribution is -2.53. The third-order valence-corrected chi connectivity index (χ3v) is 5.43. The van der Waals surface area contributed by atoms with Crippen LogP contribution in [0.3, 0.4) is 0 Å². The summed E-state index contributed by atoms with van der Waals surface area (Å²) in [5.74, 6) is 0.181. The van der Waals surface area contributed by atoms with Crippen LogP contribution in [0, 0.1) is 12.3 Å². The van der Waals surface area contributed by atoms with E-state index in [0.717, 1.165) is 37.2 Å². The van der Waals surface area contributed by atoms with Crippen molar-refractivity contribution in [1.29, 1.82) is 0 Å². The summed E-state index contributed by atoms with van der Waals surface area (Å²) in [6.45, 7) is 10.1. The molecule has 1 saturated heterocycles. The molecule has 1 atom stereocenters. The molecule has 2 heterocycles. The number of thiophene rings is 1. The number of nitrogens with two attached hydrogens (primary N) is 1. The fraction of sp³-hybridized carbons (Fsp3) is 0.688. The molecule has 0 aliphatic carbocycles. The Morgan fingerprint density at radius 1 is 1.52 bits per heavy atom. The molecule has 3 nitrogen and oxygen atoms in total. The van der Waals surface area contributed by atoms with Crippen LogP contribution in [0.2, 0.25) is 0 Å². The maximum Gasteiger partial charge on any atom is 0.263 e. The number of carbonyl (C=O) groups is 1. The smallest absolute Gasteiger partial charge is 0.263 e. The van der Waals surface area contributed by atoms with E-state index in [0.29, 0.717) is 0 Å². The normalized spacial score (nSPS) is 21.0. The molecule has 1 unspecified atom stereocenters. The Kier molecular flexibility index (Phi) is 6.26. The van der Waals surface area contributed by atoms with Crippen LogP contribution >= 0.6 is 23.7 Å². The topological polar surface area (TPSA) is 46.3 Å². The van der Waals surface area contributed by atoms with Gasteiger partial charge in [-0.15, -0.1) is 23.7 Å². The highest BCUT2D eigenvalue weighted by Crippen LogP contribution is 2.30. The molecule has 1 aromatic rings. The molecule has 1 fully saturated rings. The molecule has 1 amide bonds. The van der Waals surface area contributed by atoms with Gasteiger partial charge >= 0.3 is 0 Å². The van der Waals surface area contributed by atoms with Crippen LogP contribution in [0.25, 0.3) is 0 Å². The summed E-state index contributed by atoms with van der Waals surface area (Å²) < 4.78 is 0. The van der Waals surface area contributed by atoms with E-state index in [1.807, 2.05) is 4.90 Å². The molecular formula is C16H27ClN2OS. The average molecular weight is 331 g/mol. The predicted molar refractivity (Wildman–Crippen MR) is 92.6 cm³/mol. The van der Waals surface area contributed by atoms with E-state index >= 15 is 0 Å². The van der Waals surface area contributed by atoms with Crippen molar-refractivity contribution in [1.82, 2.24) is 4.90 Å². The highest BCUT2D eigenvalue weighted by Gasteiger charge is 2.35. The molecule has 1 aromatic heterocycles. The van der Waals surface area contributed by atoms with Crippen LogP contribution < -0.4 is 5.73 Å². The number of hydrogen-bond donors (Lipinski definition) is 1. The molecule has 2 rings (SSSR count). The van der Waals surface area contributed by atoms with Gasteiger partial charge < -0.3 is 10.6 Å². The quantitative estimate of drug-likeness (QED) is 0.919. The first-order valence-electron chi connectivity index (χ1n) is 7.49. The van der Waals surface area contributed by atoms with Crippen LogP contribution in [-0.4, -0.2) is 29.9 Å². The molecule has 21 heavy (non-hydrogen) atoms. The first-order valence-corrected chi connectivity index (χ1v) is 8.31. The van der Waals surface area contributed by atoms with Gasteiger partial charge in [0.05, 0.1) is 4.88 Å². The van der Waals surface area contributed by atoms with Crippen LogP contribution in [0.1, 0.15) is 53.7 Å². The fourth-order valence-corrected chi connectivity index (χ4v) is 3.89.